The summed E-state index contributed by atoms with van der Waals surface area (Å²) in [6, 6.07) is 14.6. The Labute approximate surface area is 166 Å². The van der Waals surface area contributed by atoms with Gasteiger partial charge in [-0.3, -0.25) is 10.1 Å². The van der Waals surface area contributed by atoms with Gasteiger partial charge in [-0.05, 0) is 41.5 Å². The molecule has 2 N–H and O–H groups in total. The van der Waals surface area contributed by atoms with Crippen LogP contribution in [-0.4, -0.2) is 39.2 Å². The van der Waals surface area contributed by atoms with E-state index in [1.54, 1.807) is 4.68 Å². The highest BCUT2D eigenvalue weighted by Crippen LogP contribution is 2.35. The second-order valence-corrected chi connectivity index (χ2v) is 7.21. The molecule has 144 valence electrons. The summed E-state index contributed by atoms with van der Waals surface area (Å²) in [5.74, 6) is -0.453. The maximum absolute atomic E-state index is 12.7. The van der Waals surface area contributed by atoms with Gasteiger partial charge >= 0.3 is 6.03 Å². The number of nitrogens with one attached hydrogen (secondary N) is 2. The molecule has 1 atom stereocenters. The van der Waals surface area contributed by atoms with E-state index in [1.807, 2.05) is 62.4 Å². The molecule has 1 heterocycles. The molecule has 0 saturated carbocycles. The molecule has 0 radical (unpaired) electrons. The van der Waals surface area contributed by atoms with E-state index in [9.17, 15) is 9.59 Å². The number of aryl methyl sites for hydroxylation is 2. The first kappa shape index (κ1) is 19.6. The molecule has 0 fully saturated rings. The van der Waals surface area contributed by atoms with Gasteiger partial charge in [0, 0.05) is 7.05 Å². The first-order valence-corrected chi connectivity index (χ1v) is 9.47. The van der Waals surface area contributed by atoms with E-state index < -0.39 is 17.2 Å². The molecule has 0 aliphatic heterocycles. The number of hydrogen-bond acceptors (Lipinski definition) is 6. The summed E-state index contributed by atoms with van der Waals surface area (Å²) in [7, 11) is 1.45. The summed E-state index contributed by atoms with van der Waals surface area (Å²) >= 11 is 1.18. The Hall–Kier alpha value is -3.20. The Morgan fingerprint density at radius 1 is 1.11 bits per heavy atom. The summed E-state index contributed by atoms with van der Waals surface area (Å²) in [5, 5.41) is 16.4. The SMILES string of the molecule is CNC(=O)NC(=O)[C@@H](Sc1nnnn1-c1ccc(C)cc1C)c1ccccc1. The standard InChI is InChI=1S/C19H20N6O2S/c1-12-9-10-15(13(2)11-12)25-19(22-23-24-25)28-16(14-7-5-4-6-8-14)17(26)21-18(27)20-3/h4-11,16H,1-3H3,(H2,20,21,26,27)/t16-/m0/s1. The lowest BCUT2D eigenvalue weighted by Gasteiger charge is -2.16. The molecule has 3 rings (SSSR count). The van der Waals surface area contributed by atoms with Crippen molar-refractivity contribution in [2.75, 3.05) is 7.05 Å². The number of amides is 3. The van der Waals surface area contributed by atoms with E-state index in [-0.39, 0.29) is 0 Å². The number of urea groups is 1. The lowest BCUT2D eigenvalue weighted by molar-refractivity contribution is -0.119. The first-order valence-electron chi connectivity index (χ1n) is 8.59. The van der Waals surface area contributed by atoms with Gasteiger partial charge in [-0.25, -0.2) is 4.79 Å². The van der Waals surface area contributed by atoms with Crippen LogP contribution in [0.5, 0.6) is 0 Å². The van der Waals surface area contributed by atoms with E-state index in [4.69, 9.17) is 0 Å². The van der Waals surface area contributed by atoms with Gasteiger partial charge in [-0.15, -0.1) is 5.10 Å². The third kappa shape index (κ3) is 4.37. The van der Waals surface area contributed by atoms with Gasteiger partial charge in [0.1, 0.15) is 5.25 Å². The van der Waals surface area contributed by atoms with Crippen LogP contribution in [0.4, 0.5) is 4.79 Å². The second-order valence-electron chi connectivity index (χ2n) is 6.14. The number of nitrogens with zero attached hydrogens (tertiary/aromatic N) is 4. The zero-order valence-electron chi connectivity index (χ0n) is 15.7. The average Bonchev–Trinajstić information content (AvgIpc) is 3.14. The molecule has 3 aromatic rings. The highest BCUT2D eigenvalue weighted by Gasteiger charge is 2.26. The predicted molar refractivity (Wildman–Crippen MR) is 106 cm³/mol. The van der Waals surface area contributed by atoms with E-state index >= 15 is 0 Å². The van der Waals surface area contributed by atoms with Crippen molar-refractivity contribution in [3.63, 3.8) is 0 Å². The number of tetrazole rings is 1. The van der Waals surface area contributed by atoms with Crippen LogP contribution in [0.3, 0.4) is 0 Å². The average molecular weight is 396 g/mol. The van der Waals surface area contributed by atoms with Crippen molar-refractivity contribution in [2.24, 2.45) is 0 Å². The fraction of sp³-hybridized carbons (Fsp3) is 0.211. The number of benzene rings is 2. The molecule has 0 bridgehead atoms. The van der Waals surface area contributed by atoms with Crippen molar-refractivity contribution >= 4 is 23.7 Å². The van der Waals surface area contributed by atoms with E-state index in [2.05, 4.69) is 26.2 Å². The fourth-order valence-electron chi connectivity index (χ4n) is 2.69. The van der Waals surface area contributed by atoms with E-state index in [0.717, 1.165) is 22.4 Å². The Morgan fingerprint density at radius 2 is 1.86 bits per heavy atom. The Morgan fingerprint density at radius 3 is 2.54 bits per heavy atom. The van der Waals surface area contributed by atoms with Crippen LogP contribution >= 0.6 is 11.8 Å². The third-order valence-corrected chi connectivity index (χ3v) is 5.24. The zero-order valence-corrected chi connectivity index (χ0v) is 16.5. The maximum Gasteiger partial charge on any atom is 0.321 e. The van der Waals surface area contributed by atoms with Gasteiger partial charge in [-0.2, -0.15) is 4.68 Å². The quantitative estimate of drug-likeness (QED) is 0.643. The van der Waals surface area contributed by atoms with E-state index in [1.165, 1.54) is 18.8 Å². The van der Waals surface area contributed by atoms with Crippen molar-refractivity contribution < 1.29 is 9.59 Å². The molecule has 0 unspecified atom stereocenters. The lowest BCUT2D eigenvalue weighted by atomic mass is 10.1. The van der Waals surface area contributed by atoms with Crippen LogP contribution < -0.4 is 10.6 Å². The molecule has 0 aliphatic carbocycles. The fourth-order valence-corrected chi connectivity index (χ4v) is 3.68. The van der Waals surface area contributed by atoms with Crippen LogP contribution in [0.2, 0.25) is 0 Å². The minimum absolute atomic E-state index is 0.452. The van der Waals surface area contributed by atoms with E-state index in [0.29, 0.717) is 5.16 Å². The monoisotopic (exact) mass is 396 g/mol. The summed E-state index contributed by atoms with van der Waals surface area (Å²) in [5.41, 5.74) is 3.72. The molecule has 0 spiro atoms. The summed E-state index contributed by atoms with van der Waals surface area (Å²) in [4.78, 5) is 24.4. The molecule has 28 heavy (non-hydrogen) atoms. The highest BCUT2D eigenvalue weighted by atomic mass is 32.2. The summed E-state index contributed by atoms with van der Waals surface area (Å²) in [6.07, 6.45) is 0. The van der Waals surface area contributed by atoms with Crippen LogP contribution in [0.1, 0.15) is 21.9 Å². The topological polar surface area (TPSA) is 102 Å². The Balaban J connectivity index is 1.95. The van der Waals surface area contributed by atoms with Crippen molar-refractivity contribution in [3.05, 3.63) is 65.2 Å². The van der Waals surface area contributed by atoms with Crippen molar-refractivity contribution in [1.82, 2.24) is 30.8 Å². The normalized spacial score (nSPS) is 11.7. The number of carbonyl (C=O) groups excluding carboxylic acids is 2. The highest BCUT2D eigenvalue weighted by molar-refractivity contribution is 8.00. The summed E-state index contributed by atoms with van der Waals surface area (Å²) < 4.78 is 1.60. The predicted octanol–water partition coefficient (Wildman–Crippen LogP) is 2.57. The van der Waals surface area contributed by atoms with Crippen molar-refractivity contribution in [2.45, 2.75) is 24.3 Å². The number of carbonyl (C=O) groups is 2. The van der Waals surface area contributed by atoms with Gasteiger partial charge in [0.15, 0.2) is 0 Å². The molecule has 0 saturated heterocycles. The number of hydrogen-bond donors (Lipinski definition) is 2. The van der Waals surface area contributed by atoms with Crippen LogP contribution in [0, 0.1) is 13.8 Å². The molecular weight excluding hydrogens is 376 g/mol. The first-order chi connectivity index (χ1) is 13.5. The molecule has 1 aromatic heterocycles. The van der Waals surface area contributed by atoms with Crippen LogP contribution in [0.15, 0.2) is 53.7 Å². The maximum atomic E-state index is 12.7. The van der Waals surface area contributed by atoms with Crippen LogP contribution in [0.25, 0.3) is 5.69 Å². The van der Waals surface area contributed by atoms with Gasteiger partial charge in [0.05, 0.1) is 5.69 Å². The molecular formula is C19H20N6O2S. The van der Waals surface area contributed by atoms with Gasteiger partial charge < -0.3 is 5.32 Å². The van der Waals surface area contributed by atoms with Gasteiger partial charge in [0.2, 0.25) is 11.1 Å². The smallest absolute Gasteiger partial charge is 0.321 e. The molecule has 8 nitrogen and oxygen atoms in total. The summed E-state index contributed by atoms with van der Waals surface area (Å²) in [6.45, 7) is 3.99. The van der Waals surface area contributed by atoms with Gasteiger partial charge in [-0.1, -0.05) is 59.8 Å². The molecule has 3 amide bonds. The molecule has 0 aliphatic rings. The van der Waals surface area contributed by atoms with Crippen molar-refractivity contribution in [3.8, 4) is 5.69 Å². The minimum atomic E-state index is -0.700. The van der Waals surface area contributed by atoms with Gasteiger partial charge in [0.25, 0.3) is 0 Å². The third-order valence-electron chi connectivity index (χ3n) is 4.05. The van der Waals surface area contributed by atoms with Crippen LogP contribution in [-0.2, 0) is 4.79 Å². The molecule has 2 aromatic carbocycles. The Kier molecular flexibility index (Phi) is 6.05. The number of thioether (sulfide) groups is 1. The number of aromatic nitrogens is 4. The second kappa shape index (κ2) is 8.66. The molecule has 9 heteroatoms. The largest absolute Gasteiger partial charge is 0.341 e. The Bertz CT molecular complexity index is 989. The zero-order chi connectivity index (χ0) is 20.1. The number of rotatable bonds is 5. The lowest BCUT2D eigenvalue weighted by Crippen LogP contribution is -2.39. The van der Waals surface area contributed by atoms with Crippen molar-refractivity contribution in [1.29, 1.82) is 0 Å². The minimum Gasteiger partial charge on any atom is -0.341 e. The number of imide groups is 1.